The van der Waals surface area contributed by atoms with Crippen molar-refractivity contribution in [3.8, 4) is 0 Å². The lowest BCUT2D eigenvalue weighted by atomic mass is 10.0. The van der Waals surface area contributed by atoms with Crippen LogP contribution in [0.2, 0.25) is 0 Å². The van der Waals surface area contributed by atoms with Gasteiger partial charge < -0.3 is 5.73 Å². The Kier molecular flexibility index (Phi) is 4.72. The average Bonchev–Trinajstić information content (AvgIpc) is 2.43. The van der Waals surface area contributed by atoms with Crippen LogP contribution in [0.3, 0.4) is 0 Å². The van der Waals surface area contributed by atoms with E-state index in [1.165, 1.54) is 16.7 Å². The van der Waals surface area contributed by atoms with Crippen molar-refractivity contribution in [1.29, 1.82) is 0 Å². The van der Waals surface area contributed by atoms with Gasteiger partial charge in [0.05, 0.1) is 0 Å². The Morgan fingerprint density at radius 2 is 1.63 bits per heavy atom. The molecule has 1 atom stereocenters. The molecule has 0 saturated heterocycles. The number of nitrogens with two attached hydrogens (primary N) is 1. The van der Waals surface area contributed by atoms with Crippen LogP contribution in [0, 0.1) is 6.92 Å². The number of nitrogens with zero attached hydrogens (tertiary/aromatic N) is 1. The summed E-state index contributed by atoms with van der Waals surface area (Å²) in [7, 11) is 2.14. The van der Waals surface area contributed by atoms with Crippen LogP contribution < -0.4 is 5.73 Å². The van der Waals surface area contributed by atoms with Crippen LogP contribution in [-0.2, 0) is 6.54 Å². The molecule has 0 heterocycles. The molecule has 2 aromatic carbocycles. The Bertz CT molecular complexity index is 508. The smallest absolute Gasteiger partial charge is 0.0470 e. The SMILES string of the molecule is Cc1ccccc1CN(C)C(CN)c1ccccc1. The molecular formula is C17H22N2. The summed E-state index contributed by atoms with van der Waals surface area (Å²) in [4.78, 5) is 2.32. The van der Waals surface area contributed by atoms with Crippen molar-refractivity contribution in [2.75, 3.05) is 13.6 Å². The minimum Gasteiger partial charge on any atom is -0.329 e. The molecule has 0 saturated carbocycles. The third-order valence-corrected chi connectivity index (χ3v) is 3.62. The molecule has 19 heavy (non-hydrogen) atoms. The predicted molar refractivity (Wildman–Crippen MR) is 80.9 cm³/mol. The maximum absolute atomic E-state index is 5.96. The van der Waals surface area contributed by atoms with Gasteiger partial charge in [0.15, 0.2) is 0 Å². The van der Waals surface area contributed by atoms with Gasteiger partial charge in [0, 0.05) is 19.1 Å². The molecule has 0 aliphatic rings. The number of hydrogen-bond acceptors (Lipinski definition) is 2. The zero-order valence-electron chi connectivity index (χ0n) is 11.7. The number of aryl methyl sites for hydroxylation is 1. The van der Waals surface area contributed by atoms with Crippen molar-refractivity contribution in [2.45, 2.75) is 19.5 Å². The van der Waals surface area contributed by atoms with Crippen LogP contribution in [0.5, 0.6) is 0 Å². The van der Waals surface area contributed by atoms with Crippen LogP contribution in [0.25, 0.3) is 0 Å². The van der Waals surface area contributed by atoms with Crippen molar-refractivity contribution in [1.82, 2.24) is 4.90 Å². The summed E-state index contributed by atoms with van der Waals surface area (Å²) in [6, 6.07) is 19.2. The van der Waals surface area contributed by atoms with Gasteiger partial charge in [-0.15, -0.1) is 0 Å². The molecule has 2 heteroatoms. The summed E-state index contributed by atoms with van der Waals surface area (Å²) in [6.07, 6.45) is 0. The van der Waals surface area contributed by atoms with Crippen LogP contribution in [0.1, 0.15) is 22.7 Å². The minimum absolute atomic E-state index is 0.265. The highest BCUT2D eigenvalue weighted by atomic mass is 15.1. The van der Waals surface area contributed by atoms with Gasteiger partial charge in [0.1, 0.15) is 0 Å². The summed E-state index contributed by atoms with van der Waals surface area (Å²) in [6.45, 7) is 3.71. The second kappa shape index (κ2) is 6.50. The van der Waals surface area contributed by atoms with Crippen molar-refractivity contribution in [3.05, 3.63) is 71.3 Å². The second-order valence-corrected chi connectivity index (χ2v) is 5.00. The van der Waals surface area contributed by atoms with Gasteiger partial charge in [0.25, 0.3) is 0 Å². The van der Waals surface area contributed by atoms with E-state index in [9.17, 15) is 0 Å². The molecule has 2 N–H and O–H groups in total. The lowest BCUT2D eigenvalue weighted by Gasteiger charge is -2.28. The average molecular weight is 254 g/mol. The molecule has 0 amide bonds. The van der Waals surface area contributed by atoms with Crippen molar-refractivity contribution in [3.63, 3.8) is 0 Å². The van der Waals surface area contributed by atoms with Crippen LogP contribution in [-0.4, -0.2) is 18.5 Å². The first-order valence-corrected chi connectivity index (χ1v) is 6.72. The second-order valence-electron chi connectivity index (χ2n) is 5.00. The largest absolute Gasteiger partial charge is 0.329 e. The maximum Gasteiger partial charge on any atom is 0.0470 e. The summed E-state index contributed by atoms with van der Waals surface area (Å²) in [5, 5.41) is 0. The fraction of sp³-hybridized carbons (Fsp3) is 0.294. The molecule has 100 valence electrons. The molecule has 2 aromatic rings. The van der Waals surface area contributed by atoms with E-state index in [1.54, 1.807) is 0 Å². The number of rotatable bonds is 5. The lowest BCUT2D eigenvalue weighted by Crippen LogP contribution is -2.30. The van der Waals surface area contributed by atoms with E-state index < -0.39 is 0 Å². The Morgan fingerprint density at radius 1 is 1.00 bits per heavy atom. The summed E-state index contributed by atoms with van der Waals surface area (Å²) < 4.78 is 0. The first-order chi connectivity index (χ1) is 9.22. The molecule has 0 bridgehead atoms. The Balaban J connectivity index is 2.14. The van der Waals surface area contributed by atoms with Crippen molar-refractivity contribution < 1.29 is 0 Å². The lowest BCUT2D eigenvalue weighted by molar-refractivity contribution is 0.241. The first-order valence-electron chi connectivity index (χ1n) is 6.72. The monoisotopic (exact) mass is 254 g/mol. The van der Waals surface area contributed by atoms with Crippen molar-refractivity contribution >= 4 is 0 Å². The third-order valence-electron chi connectivity index (χ3n) is 3.62. The highest BCUT2D eigenvalue weighted by Gasteiger charge is 2.15. The Hall–Kier alpha value is -1.64. The summed E-state index contributed by atoms with van der Waals surface area (Å²) in [5.74, 6) is 0. The van der Waals surface area contributed by atoms with Gasteiger partial charge in [-0.1, -0.05) is 54.6 Å². The third kappa shape index (κ3) is 3.43. The topological polar surface area (TPSA) is 29.3 Å². The van der Waals surface area contributed by atoms with E-state index in [4.69, 9.17) is 5.73 Å². The maximum atomic E-state index is 5.96. The van der Waals surface area contributed by atoms with Gasteiger partial charge in [-0.2, -0.15) is 0 Å². The molecule has 2 nitrogen and oxygen atoms in total. The van der Waals surface area contributed by atoms with E-state index in [2.05, 4.69) is 67.4 Å². The standard InChI is InChI=1S/C17H22N2/c1-14-8-6-7-11-16(14)13-19(2)17(12-18)15-9-4-3-5-10-15/h3-11,17H,12-13,18H2,1-2H3. The molecule has 0 aromatic heterocycles. The van der Waals surface area contributed by atoms with Gasteiger partial charge in [-0.25, -0.2) is 0 Å². The molecule has 0 spiro atoms. The fourth-order valence-electron chi connectivity index (χ4n) is 2.41. The van der Waals surface area contributed by atoms with E-state index >= 15 is 0 Å². The van der Waals surface area contributed by atoms with E-state index in [1.807, 2.05) is 6.07 Å². The molecular weight excluding hydrogens is 232 g/mol. The van der Waals surface area contributed by atoms with Crippen LogP contribution >= 0.6 is 0 Å². The van der Waals surface area contributed by atoms with Gasteiger partial charge >= 0.3 is 0 Å². The summed E-state index contributed by atoms with van der Waals surface area (Å²) in [5.41, 5.74) is 9.93. The first kappa shape index (κ1) is 13.8. The molecule has 2 rings (SSSR count). The van der Waals surface area contributed by atoms with Gasteiger partial charge in [-0.05, 0) is 30.7 Å². The molecule has 0 radical (unpaired) electrons. The Morgan fingerprint density at radius 3 is 2.26 bits per heavy atom. The molecule has 0 aliphatic carbocycles. The predicted octanol–water partition coefficient (Wildman–Crippen LogP) is 3.13. The highest BCUT2D eigenvalue weighted by Crippen LogP contribution is 2.21. The molecule has 1 unspecified atom stereocenters. The quantitative estimate of drug-likeness (QED) is 0.888. The van der Waals surface area contributed by atoms with E-state index in [0.29, 0.717) is 6.54 Å². The number of hydrogen-bond donors (Lipinski definition) is 1. The zero-order valence-corrected chi connectivity index (χ0v) is 11.7. The number of likely N-dealkylation sites (N-methyl/N-ethyl adjacent to an activating group) is 1. The highest BCUT2D eigenvalue weighted by molar-refractivity contribution is 5.26. The van der Waals surface area contributed by atoms with Gasteiger partial charge in [-0.3, -0.25) is 4.90 Å². The zero-order chi connectivity index (χ0) is 13.7. The normalized spacial score (nSPS) is 12.6. The molecule has 0 aliphatic heterocycles. The van der Waals surface area contributed by atoms with E-state index in [-0.39, 0.29) is 6.04 Å². The van der Waals surface area contributed by atoms with E-state index in [0.717, 1.165) is 6.54 Å². The summed E-state index contributed by atoms with van der Waals surface area (Å²) >= 11 is 0. The minimum atomic E-state index is 0.265. The van der Waals surface area contributed by atoms with Crippen molar-refractivity contribution in [2.24, 2.45) is 5.73 Å². The van der Waals surface area contributed by atoms with Crippen LogP contribution in [0.4, 0.5) is 0 Å². The fourth-order valence-corrected chi connectivity index (χ4v) is 2.41. The van der Waals surface area contributed by atoms with Crippen LogP contribution in [0.15, 0.2) is 54.6 Å². The van der Waals surface area contributed by atoms with Gasteiger partial charge in [0.2, 0.25) is 0 Å². The Labute approximate surface area is 115 Å². The molecule has 0 fully saturated rings. The number of benzene rings is 2.